The van der Waals surface area contributed by atoms with Gasteiger partial charge in [-0.25, -0.2) is 0 Å². The van der Waals surface area contributed by atoms with Crippen LogP contribution < -0.4 is 14.8 Å². The molecule has 0 spiro atoms. The number of methoxy groups -OCH3 is 1. The molecule has 2 N–H and O–H groups in total. The third kappa shape index (κ3) is 7.50. The van der Waals surface area contributed by atoms with Crippen molar-refractivity contribution in [1.82, 2.24) is 0 Å². The topological polar surface area (TPSA) is 52.1 Å². The molecule has 0 aromatic heterocycles. The summed E-state index contributed by atoms with van der Waals surface area (Å²) in [5.41, 5.74) is 2.29. The van der Waals surface area contributed by atoms with E-state index in [1.807, 2.05) is 36.2 Å². The number of alkyl halides is 1. The van der Waals surface area contributed by atoms with Gasteiger partial charge in [0.05, 0.1) is 12.0 Å². The van der Waals surface area contributed by atoms with Crippen LogP contribution in [-0.2, 0) is 11.3 Å². The Labute approximate surface area is 162 Å². The number of ether oxygens (including phenoxy) is 2. The number of carbonyl (C=O) groups excluding carboxylic acids is 1. The maximum Gasteiger partial charge on any atom is 0.308 e. The monoisotopic (exact) mass is 426 g/mol. The second-order valence-corrected chi connectivity index (χ2v) is 6.29. The van der Waals surface area contributed by atoms with Crippen LogP contribution in [0.25, 0.3) is 0 Å². The van der Waals surface area contributed by atoms with Crippen molar-refractivity contribution in [2.24, 2.45) is 0 Å². The number of nitrogens with two attached hydrogens (primary N) is 1. The Morgan fingerprint density at radius 1 is 1.12 bits per heavy atom. The molecule has 0 atom stereocenters. The Morgan fingerprint density at radius 3 is 2.32 bits per heavy atom. The van der Waals surface area contributed by atoms with Crippen LogP contribution in [0.15, 0.2) is 47.4 Å². The SMILES string of the molecule is CBr.CCSc1ccc(OC(C)=O)cc1[NH2+]Cc1ccc(OC)cc1. The lowest BCUT2D eigenvalue weighted by atomic mass is 10.2. The summed E-state index contributed by atoms with van der Waals surface area (Å²) in [4.78, 5) is 12.3. The molecule has 2 aromatic carbocycles. The van der Waals surface area contributed by atoms with Gasteiger partial charge in [-0.1, -0.05) is 22.9 Å². The number of carbonyl (C=O) groups is 1. The molecule has 25 heavy (non-hydrogen) atoms. The highest BCUT2D eigenvalue weighted by Crippen LogP contribution is 2.28. The fourth-order valence-electron chi connectivity index (χ4n) is 2.19. The molecule has 0 aliphatic carbocycles. The van der Waals surface area contributed by atoms with Crippen molar-refractivity contribution in [1.29, 1.82) is 0 Å². The highest BCUT2D eigenvalue weighted by molar-refractivity contribution is 9.08. The van der Waals surface area contributed by atoms with Crippen molar-refractivity contribution >= 4 is 39.3 Å². The molecule has 4 nitrogen and oxygen atoms in total. The lowest BCUT2D eigenvalue weighted by Gasteiger charge is -2.09. The van der Waals surface area contributed by atoms with Crippen molar-refractivity contribution in [3.8, 4) is 11.5 Å². The first-order valence-corrected chi connectivity index (χ1v) is 10.5. The average Bonchev–Trinajstić information content (AvgIpc) is 2.63. The molecular formula is C19H25BrNO3S+. The number of rotatable bonds is 7. The Morgan fingerprint density at radius 2 is 1.76 bits per heavy atom. The predicted molar refractivity (Wildman–Crippen MR) is 107 cm³/mol. The van der Waals surface area contributed by atoms with Gasteiger partial charge in [0.15, 0.2) is 0 Å². The molecule has 0 bridgehead atoms. The van der Waals surface area contributed by atoms with E-state index in [1.54, 1.807) is 18.9 Å². The van der Waals surface area contributed by atoms with Crippen LogP contribution in [0.1, 0.15) is 19.4 Å². The number of esters is 1. The molecule has 0 aliphatic heterocycles. The highest BCUT2D eigenvalue weighted by Gasteiger charge is 2.10. The Balaban J connectivity index is 0.00000151. The van der Waals surface area contributed by atoms with Crippen molar-refractivity contribution in [2.75, 3.05) is 18.7 Å². The second kappa shape index (κ2) is 12.0. The second-order valence-electron chi connectivity index (χ2n) is 4.98. The van der Waals surface area contributed by atoms with Gasteiger partial charge in [0.1, 0.15) is 23.7 Å². The zero-order valence-electron chi connectivity index (χ0n) is 15.0. The summed E-state index contributed by atoms with van der Waals surface area (Å²) in [5, 5.41) is 2.16. The molecule has 0 heterocycles. The van der Waals surface area contributed by atoms with Crippen molar-refractivity contribution in [2.45, 2.75) is 25.3 Å². The van der Waals surface area contributed by atoms with Crippen LogP contribution in [0.3, 0.4) is 0 Å². The summed E-state index contributed by atoms with van der Waals surface area (Å²) in [6.07, 6.45) is 0. The van der Waals surface area contributed by atoms with Crippen LogP contribution >= 0.6 is 27.7 Å². The van der Waals surface area contributed by atoms with Crippen molar-refractivity contribution in [3.63, 3.8) is 0 Å². The van der Waals surface area contributed by atoms with E-state index in [1.165, 1.54) is 17.4 Å². The van der Waals surface area contributed by atoms with E-state index >= 15 is 0 Å². The number of benzene rings is 2. The minimum absolute atomic E-state index is 0.304. The van der Waals surface area contributed by atoms with Crippen molar-refractivity contribution in [3.05, 3.63) is 48.0 Å². The molecule has 2 aromatic rings. The zero-order valence-corrected chi connectivity index (χ0v) is 17.4. The number of hydrogen-bond acceptors (Lipinski definition) is 4. The minimum atomic E-state index is -0.304. The van der Waals surface area contributed by atoms with Crippen LogP contribution in [0.4, 0.5) is 5.69 Å². The fraction of sp³-hybridized carbons (Fsp3) is 0.316. The maximum atomic E-state index is 11.1. The van der Waals surface area contributed by atoms with Crippen LogP contribution in [0.5, 0.6) is 11.5 Å². The van der Waals surface area contributed by atoms with E-state index < -0.39 is 0 Å². The summed E-state index contributed by atoms with van der Waals surface area (Å²) in [5.74, 6) is 3.94. The van der Waals surface area contributed by atoms with Gasteiger partial charge in [-0.15, -0.1) is 11.8 Å². The normalized spacial score (nSPS) is 9.80. The molecule has 0 aliphatic rings. The number of quaternary nitrogens is 1. The number of hydrogen-bond donors (Lipinski definition) is 1. The standard InChI is InChI=1S/C18H21NO3S.CH3Br/c1-4-23-18-10-9-16(22-13(2)20)11-17(18)19-12-14-5-7-15(21-3)8-6-14;1-2/h5-11,19H,4,12H2,1-3H3;1H3/p+1. The number of thioether (sulfide) groups is 1. The largest absolute Gasteiger partial charge is 0.497 e. The highest BCUT2D eigenvalue weighted by atomic mass is 79.9. The molecule has 0 saturated carbocycles. The Kier molecular flexibility index (Phi) is 10.3. The van der Waals surface area contributed by atoms with Gasteiger partial charge in [-0.2, -0.15) is 0 Å². The Hall–Kier alpha value is -1.50. The van der Waals surface area contributed by atoms with Gasteiger partial charge < -0.3 is 14.8 Å². The minimum Gasteiger partial charge on any atom is -0.497 e. The first-order valence-electron chi connectivity index (χ1n) is 7.91. The van der Waals surface area contributed by atoms with E-state index in [4.69, 9.17) is 9.47 Å². The molecule has 0 saturated heterocycles. The summed E-state index contributed by atoms with van der Waals surface area (Å²) in [6, 6.07) is 13.8. The molecule has 2 rings (SSSR count). The lowest BCUT2D eigenvalue weighted by molar-refractivity contribution is -0.590. The van der Waals surface area contributed by atoms with E-state index in [2.05, 4.69) is 40.3 Å². The molecule has 136 valence electrons. The molecule has 6 heteroatoms. The van der Waals surface area contributed by atoms with Crippen LogP contribution in [-0.4, -0.2) is 24.7 Å². The summed E-state index contributed by atoms with van der Waals surface area (Å²) >= 11 is 4.72. The fourth-order valence-corrected chi connectivity index (χ4v) is 2.98. The molecule has 0 amide bonds. The average molecular weight is 427 g/mol. The zero-order chi connectivity index (χ0) is 18.7. The molecule has 0 radical (unpaired) electrons. The molecule has 0 unspecified atom stereocenters. The van der Waals surface area contributed by atoms with Gasteiger partial charge in [0.2, 0.25) is 0 Å². The Bertz CT molecular complexity index is 662. The molecular weight excluding hydrogens is 402 g/mol. The maximum absolute atomic E-state index is 11.1. The van der Waals surface area contributed by atoms with Gasteiger partial charge >= 0.3 is 5.97 Å². The summed E-state index contributed by atoms with van der Waals surface area (Å²) in [6.45, 7) is 4.35. The lowest BCUT2D eigenvalue weighted by Crippen LogP contribution is -2.76. The van der Waals surface area contributed by atoms with Gasteiger partial charge in [0.25, 0.3) is 0 Å². The smallest absolute Gasteiger partial charge is 0.308 e. The first-order chi connectivity index (χ1) is 12.1. The third-order valence-corrected chi connectivity index (χ3v) is 4.23. The van der Waals surface area contributed by atoms with E-state index in [0.717, 1.165) is 23.7 Å². The summed E-state index contributed by atoms with van der Waals surface area (Å²) < 4.78 is 10.4. The number of halogens is 1. The van der Waals surface area contributed by atoms with Gasteiger partial charge in [0, 0.05) is 18.6 Å². The van der Waals surface area contributed by atoms with Gasteiger partial charge in [-0.05, 0) is 48.0 Å². The quantitative estimate of drug-likeness (QED) is 0.237. The van der Waals surface area contributed by atoms with Crippen molar-refractivity contribution < 1.29 is 19.6 Å². The first kappa shape index (κ1) is 21.5. The van der Waals surface area contributed by atoms with E-state index in [-0.39, 0.29) is 5.97 Å². The van der Waals surface area contributed by atoms with E-state index in [0.29, 0.717) is 5.75 Å². The van der Waals surface area contributed by atoms with Crippen LogP contribution in [0.2, 0.25) is 0 Å². The predicted octanol–water partition coefficient (Wildman–Crippen LogP) is 4.14. The summed E-state index contributed by atoms with van der Waals surface area (Å²) in [7, 11) is 1.66. The van der Waals surface area contributed by atoms with E-state index in [9.17, 15) is 4.79 Å². The third-order valence-electron chi connectivity index (χ3n) is 3.26. The van der Waals surface area contributed by atoms with Gasteiger partial charge in [-0.3, -0.25) is 4.79 Å². The molecule has 0 fully saturated rings. The van der Waals surface area contributed by atoms with Crippen LogP contribution in [0, 0.1) is 0 Å².